The van der Waals surface area contributed by atoms with E-state index in [1.54, 1.807) is 23.9 Å². The summed E-state index contributed by atoms with van der Waals surface area (Å²) in [4.78, 5) is 33.2. The fraction of sp³-hybridized carbons (Fsp3) is 0.136. The van der Waals surface area contributed by atoms with Crippen molar-refractivity contribution < 1.29 is 19.1 Å². The summed E-state index contributed by atoms with van der Waals surface area (Å²) in [6, 6.07) is 18.9. The fourth-order valence-electron chi connectivity index (χ4n) is 3.80. The predicted molar refractivity (Wildman–Crippen MR) is 118 cm³/mol. The number of aromatic nitrogens is 1. The lowest BCUT2D eigenvalue weighted by molar-refractivity contribution is -0.118. The van der Waals surface area contributed by atoms with Gasteiger partial charge >= 0.3 is 7.60 Å². The molecule has 1 atom stereocenters. The number of benzene rings is 3. The van der Waals surface area contributed by atoms with Gasteiger partial charge in [0.1, 0.15) is 5.66 Å². The van der Waals surface area contributed by atoms with E-state index in [4.69, 9.17) is 0 Å². The number of carbonyl (C=O) groups is 1. The second-order valence-electron chi connectivity index (χ2n) is 7.17. The molecule has 0 spiro atoms. The first-order valence-electron chi connectivity index (χ1n) is 9.04. The molecule has 2 N–H and O–H groups in total. The van der Waals surface area contributed by atoms with E-state index >= 15 is 0 Å². The van der Waals surface area contributed by atoms with Crippen LogP contribution in [0.1, 0.15) is 16.8 Å². The van der Waals surface area contributed by atoms with Crippen molar-refractivity contribution in [3.05, 3.63) is 82.5 Å². The van der Waals surface area contributed by atoms with E-state index in [1.807, 2.05) is 54.6 Å². The summed E-state index contributed by atoms with van der Waals surface area (Å²) < 4.78 is 14.9. The quantitative estimate of drug-likeness (QED) is 0.395. The highest BCUT2D eigenvalue weighted by atomic mass is 79.9. The molecule has 29 heavy (non-hydrogen) atoms. The molecule has 4 aromatic rings. The first-order chi connectivity index (χ1) is 13.7. The Hall–Kier alpha value is -2.24. The molecule has 3 aromatic carbocycles. The Morgan fingerprint density at radius 3 is 2.52 bits per heavy atom. The summed E-state index contributed by atoms with van der Waals surface area (Å²) in [6.45, 7) is 0. The van der Waals surface area contributed by atoms with E-state index in [2.05, 4.69) is 15.9 Å². The maximum Gasteiger partial charge on any atom is 0.340 e. The van der Waals surface area contributed by atoms with Gasteiger partial charge < -0.3 is 14.4 Å². The van der Waals surface area contributed by atoms with Crippen molar-refractivity contribution in [2.75, 3.05) is 0 Å². The van der Waals surface area contributed by atoms with Crippen LogP contribution in [0.3, 0.4) is 0 Å². The minimum Gasteiger partial charge on any atom is -0.350 e. The van der Waals surface area contributed by atoms with Crippen LogP contribution in [0.2, 0.25) is 0 Å². The van der Waals surface area contributed by atoms with Crippen molar-refractivity contribution in [2.24, 2.45) is 7.05 Å². The van der Waals surface area contributed by atoms with Gasteiger partial charge in [0.25, 0.3) is 0 Å². The molecular weight excluding hydrogens is 453 g/mol. The van der Waals surface area contributed by atoms with Gasteiger partial charge in [-0.1, -0.05) is 58.4 Å². The average molecular weight is 472 g/mol. The first-order valence-corrected chi connectivity index (χ1v) is 11.5. The van der Waals surface area contributed by atoms with E-state index in [1.165, 1.54) is 0 Å². The van der Waals surface area contributed by atoms with Crippen LogP contribution in [0.15, 0.2) is 71.3 Å². The Labute approximate surface area is 176 Å². The molecule has 0 saturated heterocycles. The van der Waals surface area contributed by atoms with Gasteiger partial charge in [-0.05, 0) is 34.5 Å². The summed E-state index contributed by atoms with van der Waals surface area (Å²) in [5.41, 5.74) is 0.378. The SMILES string of the molecule is Cn1cc(C(C(=O)Cc2ccc3ccccc3c2)P(=O)(O)O)c2cc(Br)ccc21. The number of carbonyl (C=O) groups excluding carboxylic acids is 1. The highest BCUT2D eigenvalue weighted by molar-refractivity contribution is 9.10. The van der Waals surface area contributed by atoms with E-state index in [0.29, 0.717) is 10.9 Å². The lowest BCUT2D eigenvalue weighted by Gasteiger charge is -2.17. The van der Waals surface area contributed by atoms with Crippen LogP contribution < -0.4 is 0 Å². The molecule has 1 aromatic heterocycles. The third kappa shape index (κ3) is 3.94. The largest absolute Gasteiger partial charge is 0.350 e. The standard InChI is InChI=1S/C22H19BrNO4P/c1-24-13-19(18-12-17(23)8-9-20(18)24)22(29(26,27)28)21(25)11-14-6-7-15-4-2-3-5-16(15)10-14/h2-10,12-13,22H,11H2,1H3,(H2,26,27,28). The van der Waals surface area contributed by atoms with E-state index in [9.17, 15) is 19.1 Å². The van der Waals surface area contributed by atoms with Crippen molar-refractivity contribution >= 4 is 51.0 Å². The maximum atomic E-state index is 13.1. The molecule has 1 heterocycles. The molecule has 1 unspecified atom stereocenters. The Kier molecular flexibility index (Phi) is 5.21. The van der Waals surface area contributed by atoms with Gasteiger partial charge in [-0.25, -0.2) is 0 Å². The van der Waals surface area contributed by atoms with Crippen LogP contribution in [-0.2, 0) is 22.8 Å². The molecule has 0 aliphatic heterocycles. The number of hydrogen-bond donors (Lipinski definition) is 2. The zero-order chi connectivity index (χ0) is 20.8. The third-order valence-electron chi connectivity index (χ3n) is 5.11. The summed E-state index contributed by atoms with van der Waals surface area (Å²) in [5, 5.41) is 2.69. The summed E-state index contributed by atoms with van der Waals surface area (Å²) in [7, 11) is -2.93. The van der Waals surface area contributed by atoms with Crippen LogP contribution in [0.25, 0.3) is 21.7 Å². The lowest BCUT2D eigenvalue weighted by atomic mass is 9.99. The predicted octanol–water partition coefficient (Wildman–Crippen LogP) is 5.12. The Balaban J connectivity index is 1.76. The summed E-state index contributed by atoms with van der Waals surface area (Å²) in [5.74, 6) is -0.499. The van der Waals surface area contributed by atoms with Crippen LogP contribution in [0.5, 0.6) is 0 Å². The molecule has 148 valence electrons. The second kappa shape index (κ2) is 7.54. The zero-order valence-electron chi connectivity index (χ0n) is 15.6. The maximum absolute atomic E-state index is 13.1. The van der Waals surface area contributed by atoms with Crippen LogP contribution in [-0.4, -0.2) is 20.1 Å². The molecule has 0 aliphatic rings. The van der Waals surface area contributed by atoms with Crippen LogP contribution >= 0.6 is 23.5 Å². The Bertz CT molecular complexity index is 1290. The van der Waals surface area contributed by atoms with Gasteiger partial charge in [0, 0.05) is 40.6 Å². The van der Waals surface area contributed by atoms with Gasteiger partial charge in [-0.2, -0.15) is 0 Å². The van der Waals surface area contributed by atoms with Crippen molar-refractivity contribution in [1.82, 2.24) is 4.57 Å². The van der Waals surface area contributed by atoms with Gasteiger partial charge in [-0.3, -0.25) is 9.36 Å². The number of Topliss-reactive ketones (excluding diaryl/α,β-unsaturated/α-hetero) is 1. The van der Waals surface area contributed by atoms with E-state index in [-0.39, 0.29) is 6.42 Å². The Morgan fingerprint density at radius 2 is 1.79 bits per heavy atom. The smallest absolute Gasteiger partial charge is 0.340 e. The van der Waals surface area contributed by atoms with Crippen molar-refractivity contribution in [3.8, 4) is 0 Å². The van der Waals surface area contributed by atoms with Crippen molar-refractivity contribution in [2.45, 2.75) is 12.1 Å². The Morgan fingerprint density at radius 1 is 1.07 bits per heavy atom. The van der Waals surface area contributed by atoms with Crippen molar-refractivity contribution in [1.29, 1.82) is 0 Å². The minimum absolute atomic E-state index is 0.0506. The second-order valence-corrected chi connectivity index (χ2v) is 9.78. The summed E-state index contributed by atoms with van der Waals surface area (Å²) in [6.07, 6.45) is 1.59. The topological polar surface area (TPSA) is 79.5 Å². The molecule has 0 fully saturated rings. The van der Waals surface area contributed by atoms with Gasteiger partial charge in [0.05, 0.1) is 0 Å². The molecule has 0 saturated carbocycles. The highest BCUT2D eigenvalue weighted by Crippen LogP contribution is 2.54. The number of rotatable bonds is 5. The summed E-state index contributed by atoms with van der Waals surface area (Å²) >= 11 is 3.40. The lowest BCUT2D eigenvalue weighted by Crippen LogP contribution is -2.15. The number of halogens is 1. The molecule has 4 rings (SSSR count). The number of nitrogens with zero attached hydrogens (tertiary/aromatic N) is 1. The monoisotopic (exact) mass is 471 g/mol. The number of fused-ring (bicyclic) bond motifs is 2. The molecule has 0 bridgehead atoms. The molecule has 0 amide bonds. The van der Waals surface area contributed by atoms with Crippen LogP contribution in [0.4, 0.5) is 0 Å². The number of aryl methyl sites for hydroxylation is 1. The molecule has 0 aliphatic carbocycles. The molecule has 7 heteroatoms. The van der Waals surface area contributed by atoms with E-state index in [0.717, 1.165) is 26.3 Å². The molecular formula is C22H19BrNO4P. The van der Waals surface area contributed by atoms with Crippen LogP contribution in [0, 0.1) is 0 Å². The minimum atomic E-state index is -4.72. The van der Waals surface area contributed by atoms with Gasteiger partial charge in [-0.15, -0.1) is 0 Å². The first kappa shape index (κ1) is 20.0. The average Bonchev–Trinajstić information content (AvgIpc) is 2.96. The molecule has 5 nitrogen and oxygen atoms in total. The zero-order valence-corrected chi connectivity index (χ0v) is 18.1. The fourth-order valence-corrected chi connectivity index (χ4v) is 5.20. The number of hydrogen-bond acceptors (Lipinski definition) is 2. The van der Waals surface area contributed by atoms with Gasteiger partial charge in [0.2, 0.25) is 0 Å². The van der Waals surface area contributed by atoms with Crippen molar-refractivity contribution in [3.63, 3.8) is 0 Å². The highest BCUT2D eigenvalue weighted by Gasteiger charge is 2.38. The van der Waals surface area contributed by atoms with Gasteiger partial charge in [0.15, 0.2) is 5.78 Å². The third-order valence-corrected chi connectivity index (χ3v) is 6.84. The number of ketones is 1. The van der Waals surface area contributed by atoms with E-state index < -0.39 is 19.0 Å². The molecule has 0 radical (unpaired) electrons. The normalized spacial score (nSPS) is 13.1.